The number of nitrogens with one attached hydrogen (secondary N) is 1. The first kappa shape index (κ1) is 24.0. The van der Waals surface area contributed by atoms with Crippen LogP contribution in [0.1, 0.15) is 12.0 Å². The van der Waals surface area contributed by atoms with Crippen LogP contribution in [-0.2, 0) is 4.74 Å². The summed E-state index contributed by atoms with van der Waals surface area (Å²) in [6.07, 6.45) is 2.73. The van der Waals surface area contributed by atoms with Crippen LogP contribution in [-0.4, -0.2) is 67.0 Å². The van der Waals surface area contributed by atoms with E-state index in [1.807, 2.05) is 18.2 Å². The summed E-state index contributed by atoms with van der Waals surface area (Å²) in [6, 6.07) is 13.3. The molecule has 2 aromatic heterocycles. The maximum absolute atomic E-state index is 15.9. The molecule has 0 bridgehead atoms. The van der Waals surface area contributed by atoms with Gasteiger partial charge < -0.3 is 19.9 Å². The molecule has 0 aliphatic carbocycles. The van der Waals surface area contributed by atoms with Crippen LogP contribution in [0.3, 0.4) is 0 Å². The molecule has 1 unspecified atom stereocenters. The van der Waals surface area contributed by atoms with E-state index in [-0.39, 0.29) is 17.4 Å². The number of nitriles is 1. The van der Waals surface area contributed by atoms with Gasteiger partial charge in [0.05, 0.1) is 23.0 Å². The highest BCUT2D eigenvalue weighted by molar-refractivity contribution is 5.91. The molecule has 198 valence electrons. The topological polar surface area (TPSA) is 82.2 Å². The Kier molecular flexibility index (Phi) is 5.54. The first-order valence-electron chi connectivity index (χ1n) is 13.1. The molecule has 3 saturated heterocycles. The summed E-state index contributed by atoms with van der Waals surface area (Å²) in [5.41, 5.74) is 3.77. The lowest BCUT2D eigenvalue weighted by Crippen LogP contribution is -2.71. The van der Waals surface area contributed by atoms with E-state index in [9.17, 15) is 9.65 Å². The molecule has 39 heavy (non-hydrogen) atoms. The molecule has 0 saturated carbocycles. The number of benzene rings is 2. The minimum atomic E-state index is -0.651. The van der Waals surface area contributed by atoms with E-state index in [2.05, 4.69) is 20.1 Å². The molecule has 7 rings (SSSR count). The predicted molar refractivity (Wildman–Crippen MR) is 144 cm³/mol. The van der Waals surface area contributed by atoms with Crippen molar-refractivity contribution < 1.29 is 13.5 Å². The Labute approximate surface area is 224 Å². The molecular formula is C29H27F2N7O. The van der Waals surface area contributed by atoms with Crippen molar-refractivity contribution in [1.29, 1.82) is 5.26 Å². The Balaban J connectivity index is 1.36. The number of rotatable bonds is 5. The summed E-state index contributed by atoms with van der Waals surface area (Å²) >= 11 is 0. The van der Waals surface area contributed by atoms with Crippen LogP contribution in [0.15, 0.2) is 48.7 Å². The molecule has 3 fully saturated rings. The van der Waals surface area contributed by atoms with Gasteiger partial charge in [-0.1, -0.05) is 0 Å². The van der Waals surface area contributed by atoms with Gasteiger partial charge in [0.1, 0.15) is 29.0 Å². The van der Waals surface area contributed by atoms with Gasteiger partial charge in [0.2, 0.25) is 0 Å². The summed E-state index contributed by atoms with van der Waals surface area (Å²) in [4.78, 5) is 13.9. The average Bonchev–Trinajstić information content (AvgIpc) is 3.53. The molecule has 2 aromatic carbocycles. The van der Waals surface area contributed by atoms with Gasteiger partial charge in [-0.25, -0.2) is 18.7 Å². The third kappa shape index (κ3) is 3.84. The zero-order valence-corrected chi connectivity index (χ0v) is 21.5. The lowest BCUT2D eigenvalue weighted by molar-refractivity contribution is 0.121. The van der Waals surface area contributed by atoms with Crippen LogP contribution >= 0.6 is 0 Å². The normalized spacial score (nSPS) is 19.8. The van der Waals surface area contributed by atoms with Crippen LogP contribution in [0.25, 0.3) is 28.2 Å². The Morgan fingerprint density at radius 2 is 1.90 bits per heavy atom. The lowest BCUT2D eigenvalue weighted by atomic mass is 9.74. The minimum Gasteiger partial charge on any atom is -0.380 e. The Bertz CT molecular complexity index is 1630. The van der Waals surface area contributed by atoms with Crippen molar-refractivity contribution in [3.05, 3.63) is 65.9 Å². The first-order chi connectivity index (χ1) is 19.0. The Morgan fingerprint density at radius 3 is 2.56 bits per heavy atom. The minimum absolute atomic E-state index is 0.0595. The highest BCUT2D eigenvalue weighted by Crippen LogP contribution is 2.41. The fraction of sp³-hybridized carbons (Fsp3) is 0.345. The van der Waals surface area contributed by atoms with Gasteiger partial charge in [0.15, 0.2) is 5.65 Å². The lowest BCUT2D eigenvalue weighted by Gasteiger charge is -2.57. The van der Waals surface area contributed by atoms with E-state index in [1.165, 1.54) is 18.2 Å². The van der Waals surface area contributed by atoms with E-state index < -0.39 is 11.6 Å². The van der Waals surface area contributed by atoms with Gasteiger partial charge in [-0.3, -0.25) is 4.57 Å². The molecule has 4 aromatic rings. The van der Waals surface area contributed by atoms with E-state index in [0.29, 0.717) is 34.5 Å². The van der Waals surface area contributed by atoms with Gasteiger partial charge in [-0.2, -0.15) is 5.26 Å². The third-order valence-corrected chi connectivity index (χ3v) is 8.28. The SMILES string of the molecule is COC1CCN(c2ccc(-n3c(-c4ccc(C#N)c(F)c4)nc4c(N5CC6(CNC6)C5)ccnc43)c(F)c2)C1. The molecule has 0 amide bonds. The smallest absolute Gasteiger partial charge is 0.167 e. The molecule has 3 aliphatic heterocycles. The Morgan fingerprint density at radius 1 is 1.05 bits per heavy atom. The van der Waals surface area contributed by atoms with Crippen molar-refractivity contribution in [2.75, 3.05) is 56.2 Å². The molecular weight excluding hydrogens is 500 g/mol. The van der Waals surface area contributed by atoms with Gasteiger partial charge >= 0.3 is 0 Å². The van der Waals surface area contributed by atoms with Crippen LogP contribution in [0, 0.1) is 28.4 Å². The number of aromatic nitrogens is 3. The predicted octanol–water partition coefficient (Wildman–Crippen LogP) is 3.87. The highest BCUT2D eigenvalue weighted by atomic mass is 19.1. The fourth-order valence-electron chi connectivity index (χ4n) is 6.05. The molecule has 5 heterocycles. The number of hydrogen-bond donors (Lipinski definition) is 1. The molecule has 1 spiro atoms. The molecule has 8 nitrogen and oxygen atoms in total. The summed E-state index contributed by atoms with van der Waals surface area (Å²) < 4.78 is 37.7. The maximum atomic E-state index is 15.9. The molecule has 1 N–H and O–H groups in total. The largest absolute Gasteiger partial charge is 0.380 e. The van der Waals surface area contributed by atoms with Crippen molar-refractivity contribution >= 4 is 22.5 Å². The number of anilines is 2. The number of imidazole rings is 1. The van der Waals surface area contributed by atoms with Gasteiger partial charge in [0, 0.05) is 69.2 Å². The van der Waals surface area contributed by atoms with Gasteiger partial charge in [-0.05, 0) is 48.9 Å². The fourth-order valence-corrected chi connectivity index (χ4v) is 6.05. The van der Waals surface area contributed by atoms with E-state index in [1.54, 1.807) is 30.0 Å². The van der Waals surface area contributed by atoms with Crippen molar-refractivity contribution in [3.63, 3.8) is 0 Å². The number of nitrogens with zero attached hydrogens (tertiary/aromatic N) is 6. The van der Waals surface area contributed by atoms with Crippen molar-refractivity contribution in [3.8, 4) is 23.1 Å². The molecule has 3 aliphatic rings. The van der Waals surface area contributed by atoms with E-state index in [4.69, 9.17) is 9.72 Å². The second-order valence-electron chi connectivity index (χ2n) is 10.8. The summed E-state index contributed by atoms with van der Waals surface area (Å²) in [5, 5.41) is 12.6. The monoisotopic (exact) mass is 527 g/mol. The number of methoxy groups -OCH3 is 1. The second kappa shape index (κ2) is 9.00. The van der Waals surface area contributed by atoms with Crippen LogP contribution < -0.4 is 15.1 Å². The number of pyridine rings is 1. The zero-order chi connectivity index (χ0) is 26.7. The highest BCUT2D eigenvalue weighted by Gasteiger charge is 2.48. The van der Waals surface area contributed by atoms with Gasteiger partial charge in [-0.15, -0.1) is 0 Å². The number of halogens is 2. The van der Waals surface area contributed by atoms with Crippen LogP contribution in [0.2, 0.25) is 0 Å². The number of fused-ring (bicyclic) bond motifs is 1. The van der Waals surface area contributed by atoms with Crippen LogP contribution in [0.4, 0.5) is 20.2 Å². The summed E-state index contributed by atoms with van der Waals surface area (Å²) in [7, 11) is 1.69. The molecule has 1 atom stereocenters. The Hall–Kier alpha value is -4.07. The van der Waals surface area contributed by atoms with E-state index >= 15 is 4.39 Å². The number of ether oxygens (including phenoxy) is 1. The second-order valence-corrected chi connectivity index (χ2v) is 10.8. The van der Waals surface area contributed by atoms with E-state index in [0.717, 1.165) is 50.5 Å². The quantitative estimate of drug-likeness (QED) is 0.422. The van der Waals surface area contributed by atoms with Crippen molar-refractivity contribution in [1.82, 2.24) is 19.9 Å². The standard InChI is InChI=1S/C29H27F2N7O/c1-39-21-7-9-36(13-21)20-4-5-24(23(31)11-20)38-27(18-2-3-19(12-32)22(30)10-18)35-26-25(6-8-34-28(26)38)37-16-29(17-37)14-33-15-29/h2-6,8,10-11,21,33H,7,9,13-17H2,1H3. The molecule has 10 heteroatoms. The average molecular weight is 528 g/mol. The van der Waals surface area contributed by atoms with Crippen molar-refractivity contribution in [2.24, 2.45) is 5.41 Å². The van der Waals surface area contributed by atoms with Gasteiger partial charge in [0.25, 0.3) is 0 Å². The zero-order valence-electron chi connectivity index (χ0n) is 21.5. The van der Waals surface area contributed by atoms with Crippen LogP contribution in [0.5, 0.6) is 0 Å². The summed E-state index contributed by atoms with van der Waals surface area (Å²) in [5.74, 6) is -0.721. The third-order valence-electron chi connectivity index (χ3n) is 8.28. The molecule has 0 radical (unpaired) electrons. The number of hydrogen-bond acceptors (Lipinski definition) is 7. The van der Waals surface area contributed by atoms with Crippen molar-refractivity contribution in [2.45, 2.75) is 12.5 Å². The summed E-state index contributed by atoms with van der Waals surface area (Å²) in [6.45, 7) is 5.32. The first-order valence-corrected chi connectivity index (χ1v) is 13.1. The maximum Gasteiger partial charge on any atom is 0.167 e.